The van der Waals surface area contributed by atoms with Gasteiger partial charge in [0.2, 0.25) is 0 Å². The molecule has 0 saturated carbocycles. The molecule has 4 aromatic rings. The number of imidazole rings is 1. The minimum atomic E-state index is -0.254. The summed E-state index contributed by atoms with van der Waals surface area (Å²) in [5.41, 5.74) is 3.64. The van der Waals surface area contributed by atoms with Crippen molar-refractivity contribution in [3.8, 4) is 11.3 Å². The van der Waals surface area contributed by atoms with Gasteiger partial charge in [0.05, 0.1) is 11.3 Å². The standard InChI is InChI=1S/C22H19ClN4O2/c1-15-20(21(26-29-15)18-8-4-5-9-19(18)23)22(28)25-12-16-6-2-3-7-17(16)13-27-11-10-24-14-27/h2-11,14H,12-13H2,1H3,(H,25,28). The molecule has 6 nitrogen and oxygen atoms in total. The number of carbonyl (C=O) groups excluding carboxylic acids is 1. The lowest BCUT2D eigenvalue weighted by Crippen LogP contribution is -2.24. The van der Waals surface area contributed by atoms with Crippen molar-refractivity contribution in [3.63, 3.8) is 0 Å². The first-order valence-electron chi connectivity index (χ1n) is 9.15. The Labute approximate surface area is 173 Å². The predicted octanol–water partition coefficient (Wildman–Crippen LogP) is 4.48. The van der Waals surface area contributed by atoms with Crippen molar-refractivity contribution in [2.75, 3.05) is 0 Å². The highest BCUT2D eigenvalue weighted by atomic mass is 35.5. The van der Waals surface area contributed by atoms with Gasteiger partial charge < -0.3 is 14.4 Å². The highest BCUT2D eigenvalue weighted by Gasteiger charge is 2.23. The molecule has 0 spiro atoms. The van der Waals surface area contributed by atoms with Crippen molar-refractivity contribution < 1.29 is 9.32 Å². The maximum Gasteiger partial charge on any atom is 0.257 e. The molecule has 2 aromatic carbocycles. The van der Waals surface area contributed by atoms with Crippen LogP contribution in [0.3, 0.4) is 0 Å². The van der Waals surface area contributed by atoms with Crippen molar-refractivity contribution in [1.82, 2.24) is 20.0 Å². The molecule has 1 N–H and O–H groups in total. The average Bonchev–Trinajstić information content (AvgIpc) is 3.37. The normalized spacial score (nSPS) is 10.8. The molecule has 7 heteroatoms. The van der Waals surface area contributed by atoms with Crippen LogP contribution >= 0.6 is 11.6 Å². The third-order valence-electron chi connectivity index (χ3n) is 4.69. The fourth-order valence-corrected chi connectivity index (χ4v) is 3.43. The third-order valence-corrected chi connectivity index (χ3v) is 5.02. The third kappa shape index (κ3) is 4.07. The van der Waals surface area contributed by atoms with Gasteiger partial charge >= 0.3 is 0 Å². The van der Waals surface area contributed by atoms with Crippen molar-refractivity contribution in [2.24, 2.45) is 0 Å². The summed E-state index contributed by atoms with van der Waals surface area (Å²) >= 11 is 6.29. The number of aryl methyl sites for hydroxylation is 1. The van der Waals surface area contributed by atoms with E-state index in [9.17, 15) is 4.79 Å². The van der Waals surface area contributed by atoms with Crippen molar-refractivity contribution in [1.29, 1.82) is 0 Å². The van der Waals surface area contributed by atoms with E-state index in [0.717, 1.165) is 11.1 Å². The second-order valence-corrected chi connectivity index (χ2v) is 7.04. The van der Waals surface area contributed by atoms with Crippen molar-refractivity contribution in [3.05, 3.63) is 94.7 Å². The maximum atomic E-state index is 13.0. The van der Waals surface area contributed by atoms with Crippen LogP contribution in [-0.2, 0) is 13.1 Å². The molecule has 29 heavy (non-hydrogen) atoms. The second-order valence-electron chi connectivity index (χ2n) is 6.63. The zero-order valence-electron chi connectivity index (χ0n) is 15.8. The summed E-state index contributed by atoms with van der Waals surface area (Å²) < 4.78 is 7.28. The molecule has 0 aliphatic heterocycles. The molecule has 0 saturated heterocycles. The molecule has 0 atom stereocenters. The zero-order valence-corrected chi connectivity index (χ0v) is 16.6. The molecule has 2 aromatic heterocycles. The van der Waals surface area contributed by atoms with Gasteiger partial charge in [0.1, 0.15) is 17.0 Å². The van der Waals surface area contributed by atoms with Gasteiger partial charge in [-0.05, 0) is 24.1 Å². The molecule has 0 fully saturated rings. The Kier molecular flexibility index (Phi) is 5.44. The minimum Gasteiger partial charge on any atom is -0.360 e. The van der Waals surface area contributed by atoms with Crippen LogP contribution < -0.4 is 5.32 Å². The van der Waals surface area contributed by atoms with E-state index in [1.807, 2.05) is 53.2 Å². The molecular formula is C22H19ClN4O2. The van der Waals surface area contributed by atoms with Gasteiger partial charge in [0.15, 0.2) is 0 Å². The van der Waals surface area contributed by atoms with Gasteiger partial charge in [-0.2, -0.15) is 0 Å². The van der Waals surface area contributed by atoms with E-state index in [-0.39, 0.29) is 5.91 Å². The smallest absolute Gasteiger partial charge is 0.257 e. The molecule has 0 bridgehead atoms. The van der Waals surface area contributed by atoms with E-state index in [1.165, 1.54) is 0 Å². The fraction of sp³-hybridized carbons (Fsp3) is 0.136. The van der Waals surface area contributed by atoms with Gasteiger partial charge in [-0.3, -0.25) is 4.79 Å². The SMILES string of the molecule is Cc1onc(-c2ccccc2Cl)c1C(=O)NCc1ccccc1Cn1ccnc1. The number of hydrogen-bond donors (Lipinski definition) is 1. The van der Waals surface area contributed by atoms with Crippen LogP contribution in [0.1, 0.15) is 27.2 Å². The summed E-state index contributed by atoms with van der Waals surface area (Å²) in [5, 5.41) is 7.56. The first-order chi connectivity index (χ1) is 14.1. The van der Waals surface area contributed by atoms with Crippen LogP contribution in [0.4, 0.5) is 0 Å². The van der Waals surface area contributed by atoms with E-state index < -0.39 is 0 Å². The van der Waals surface area contributed by atoms with E-state index >= 15 is 0 Å². The van der Waals surface area contributed by atoms with Gasteiger partial charge in [-0.25, -0.2) is 4.98 Å². The van der Waals surface area contributed by atoms with Gasteiger partial charge in [-0.1, -0.05) is 59.2 Å². The summed E-state index contributed by atoms with van der Waals surface area (Å²) in [7, 11) is 0. The Hall–Kier alpha value is -3.38. The molecule has 0 radical (unpaired) electrons. The van der Waals surface area contributed by atoms with Crippen LogP contribution in [0.15, 0.2) is 71.8 Å². The van der Waals surface area contributed by atoms with E-state index in [1.54, 1.807) is 25.5 Å². The number of nitrogens with zero attached hydrogens (tertiary/aromatic N) is 3. The molecule has 0 unspecified atom stereocenters. The lowest BCUT2D eigenvalue weighted by molar-refractivity contribution is 0.0950. The highest BCUT2D eigenvalue weighted by Crippen LogP contribution is 2.31. The lowest BCUT2D eigenvalue weighted by atomic mass is 10.0. The van der Waals surface area contributed by atoms with Crippen molar-refractivity contribution >= 4 is 17.5 Å². The number of halogens is 1. The Morgan fingerprint density at radius 1 is 1.14 bits per heavy atom. The summed E-state index contributed by atoms with van der Waals surface area (Å²) in [6, 6.07) is 15.2. The summed E-state index contributed by atoms with van der Waals surface area (Å²) in [6.07, 6.45) is 5.42. The monoisotopic (exact) mass is 406 g/mol. The number of carbonyl (C=O) groups is 1. The van der Waals surface area contributed by atoms with Gasteiger partial charge in [0, 0.05) is 31.0 Å². The number of aromatic nitrogens is 3. The number of hydrogen-bond acceptors (Lipinski definition) is 4. The van der Waals surface area contributed by atoms with Crippen LogP contribution in [0.2, 0.25) is 5.02 Å². The van der Waals surface area contributed by atoms with Crippen LogP contribution in [-0.4, -0.2) is 20.6 Å². The first kappa shape index (κ1) is 19.0. The minimum absolute atomic E-state index is 0.254. The van der Waals surface area contributed by atoms with Crippen LogP contribution in [0, 0.1) is 6.92 Å². The lowest BCUT2D eigenvalue weighted by Gasteiger charge is -2.11. The number of benzene rings is 2. The zero-order chi connectivity index (χ0) is 20.2. The quantitative estimate of drug-likeness (QED) is 0.512. The van der Waals surface area contributed by atoms with E-state index in [0.29, 0.717) is 40.7 Å². The average molecular weight is 407 g/mol. The van der Waals surface area contributed by atoms with Crippen molar-refractivity contribution in [2.45, 2.75) is 20.0 Å². The van der Waals surface area contributed by atoms with E-state index in [4.69, 9.17) is 16.1 Å². The van der Waals surface area contributed by atoms with Gasteiger partial charge in [0.25, 0.3) is 5.91 Å². The Morgan fingerprint density at radius 3 is 2.66 bits per heavy atom. The predicted molar refractivity (Wildman–Crippen MR) is 111 cm³/mol. The fourth-order valence-electron chi connectivity index (χ4n) is 3.20. The van der Waals surface area contributed by atoms with Crippen LogP contribution in [0.25, 0.3) is 11.3 Å². The Morgan fingerprint density at radius 2 is 1.90 bits per heavy atom. The van der Waals surface area contributed by atoms with Crippen LogP contribution in [0.5, 0.6) is 0 Å². The van der Waals surface area contributed by atoms with Gasteiger partial charge in [-0.15, -0.1) is 0 Å². The maximum absolute atomic E-state index is 13.0. The second kappa shape index (κ2) is 8.32. The Balaban J connectivity index is 1.55. The first-order valence-corrected chi connectivity index (χ1v) is 9.53. The Bertz CT molecular complexity index is 1140. The largest absolute Gasteiger partial charge is 0.360 e. The molecule has 0 aliphatic rings. The highest BCUT2D eigenvalue weighted by molar-refractivity contribution is 6.33. The molecule has 2 heterocycles. The number of nitrogens with one attached hydrogen (secondary N) is 1. The van der Waals surface area contributed by atoms with E-state index in [2.05, 4.69) is 15.5 Å². The summed E-state index contributed by atoms with van der Waals surface area (Å²) in [4.78, 5) is 17.0. The molecular weight excluding hydrogens is 388 g/mol. The molecule has 4 rings (SSSR count). The summed E-state index contributed by atoms with van der Waals surface area (Å²) in [6.45, 7) is 2.79. The molecule has 0 aliphatic carbocycles. The number of rotatable bonds is 6. The molecule has 146 valence electrons. The topological polar surface area (TPSA) is 73.0 Å². The summed E-state index contributed by atoms with van der Waals surface area (Å²) in [5.74, 6) is 0.195. The molecule has 1 amide bonds. The number of amides is 1.